The standard InChI is InChI=1S/C5H11ClN2O/c1-7-2-3-8-5(9)4-6/h7H,2-4H2,1H3,(H,8,9). The van der Waals surface area contributed by atoms with Crippen molar-refractivity contribution >= 4 is 17.5 Å². The summed E-state index contributed by atoms with van der Waals surface area (Å²) in [4.78, 5) is 10.4. The van der Waals surface area contributed by atoms with Crippen LogP contribution in [0.4, 0.5) is 0 Å². The Hall–Kier alpha value is -0.280. The average Bonchev–Trinajstić information content (AvgIpc) is 1.89. The van der Waals surface area contributed by atoms with E-state index in [1.165, 1.54) is 0 Å². The van der Waals surface area contributed by atoms with Gasteiger partial charge in [0.1, 0.15) is 5.88 Å². The molecule has 0 rings (SSSR count). The van der Waals surface area contributed by atoms with Crippen LogP contribution in [0.3, 0.4) is 0 Å². The smallest absolute Gasteiger partial charge is 0.234 e. The molecule has 0 aromatic carbocycles. The number of halogens is 1. The van der Waals surface area contributed by atoms with E-state index < -0.39 is 0 Å². The van der Waals surface area contributed by atoms with Crippen molar-refractivity contribution in [3.63, 3.8) is 0 Å². The Labute approximate surface area is 59.8 Å². The molecule has 0 aliphatic rings. The summed E-state index contributed by atoms with van der Waals surface area (Å²) in [6.07, 6.45) is 0. The lowest BCUT2D eigenvalue weighted by Crippen LogP contribution is -2.31. The van der Waals surface area contributed by atoms with Crippen LogP contribution in [0.1, 0.15) is 0 Å². The van der Waals surface area contributed by atoms with Crippen LogP contribution >= 0.6 is 11.6 Å². The molecule has 0 fully saturated rings. The van der Waals surface area contributed by atoms with Crippen LogP contribution in [0.25, 0.3) is 0 Å². The molecule has 0 saturated carbocycles. The van der Waals surface area contributed by atoms with Crippen molar-refractivity contribution < 1.29 is 4.79 Å². The van der Waals surface area contributed by atoms with Gasteiger partial charge in [-0.2, -0.15) is 0 Å². The molecule has 0 saturated heterocycles. The number of nitrogens with one attached hydrogen (secondary N) is 2. The second-order valence-corrected chi connectivity index (χ2v) is 1.85. The highest BCUT2D eigenvalue weighted by molar-refractivity contribution is 6.27. The summed E-state index contributed by atoms with van der Waals surface area (Å²) in [5.74, 6) is -0.0732. The minimum atomic E-state index is -0.119. The Morgan fingerprint density at radius 2 is 2.22 bits per heavy atom. The van der Waals surface area contributed by atoms with Gasteiger partial charge in [-0.15, -0.1) is 11.6 Å². The highest BCUT2D eigenvalue weighted by Crippen LogP contribution is 1.71. The van der Waals surface area contributed by atoms with E-state index in [1.807, 2.05) is 7.05 Å². The SMILES string of the molecule is CNCCNC(=O)CCl. The zero-order valence-corrected chi connectivity index (χ0v) is 6.16. The lowest BCUT2D eigenvalue weighted by atomic mass is 10.6. The Balaban J connectivity index is 2.97. The molecular weight excluding hydrogens is 140 g/mol. The Morgan fingerprint density at radius 3 is 2.67 bits per heavy atom. The first-order valence-corrected chi connectivity index (χ1v) is 3.32. The number of rotatable bonds is 4. The second-order valence-electron chi connectivity index (χ2n) is 1.59. The third kappa shape index (κ3) is 5.59. The molecule has 54 valence electrons. The highest BCUT2D eigenvalue weighted by Gasteiger charge is 1.93. The first kappa shape index (κ1) is 8.72. The number of carbonyl (C=O) groups excluding carboxylic acids is 1. The first-order chi connectivity index (χ1) is 4.31. The maximum atomic E-state index is 10.4. The van der Waals surface area contributed by atoms with E-state index in [2.05, 4.69) is 10.6 Å². The van der Waals surface area contributed by atoms with Gasteiger partial charge in [-0.05, 0) is 7.05 Å². The number of hydrogen-bond donors (Lipinski definition) is 2. The Bertz CT molecular complexity index is 87.0. The monoisotopic (exact) mass is 150 g/mol. The molecule has 0 unspecified atom stereocenters. The van der Waals surface area contributed by atoms with Crippen LogP contribution in [0.5, 0.6) is 0 Å². The molecular formula is C5H11ClN2O. The molecule has 0 atom stereocenters. The van der Waals surface area contributed by atoms with Gasteiger partial charge in [-0.3, -0.25) is 4.79 Å². The van der Waals surface area contributed by atoms with Crippen LogP contribution in [0.15, 0.2) is 0 Å². The Morgan fingerprint density at radius 1 is 1.56 bits per heavy atom. The molecule has 0 aromatic rings. The van der Waals surface area contributed by atoms with Crippen molar-refractivity contribution in [2.24, 2.45) is 0 Å². The fourth-order valence-corrected chi connectivity index (χ4v) is 0.469. The number of hydrogen-bond acceptors (Lipinski definition) is 2. The van der Waals surface area contributed by atoms with Gasteiger partial charge in [0.15, 0.2) is 0 Å². The molecule has 0 radical (unpaired) electrons. The summed E-state index contributed by atoms with van der Waals surface area (Å²) < 4.78 is 0. The van der Waals surface area contributed by atoms with Crippen molar-refractivity contribution in [1.29, 1.82) is 0 Å². The maximum absolute atomic E-state index is 10.4. The third-order valence-corrected chi connectivity index (χ3v) is 1.06. The predicted molar refractivity (Wildman–Crippen MR) is 37.7 cm³/mol. The fraction of sp³-hybridized carbons (Fsp3) is 0.800. The van der Waals surface area contributed by atoms with Crippen LogP contribution in [0.2, 0.25) is 0 Å². The molecule has 0 spiro atoms. The molecule has 0 bridgehead atoms. The van der Waals surface area contributed by atoms with Crippen LogP contribution < -0.4 is 10.6 Å². The predicted octanol–water partition coefficient (Wildman–Crippen LogP) is -0.439. The van der Waals surface area contributed by atoms with Crippen molar-refractivity contribution in [1.82, 2.24) is 10.6 Å². The quantitative estimate of drug-likeness (QED) is 0.422. The molecule has 0 aliphatic heterocycles. The van der Waals surface area contributed by atoms with E-state index in [0.717, 1.165) is 6.54 Å². The van der Waals surface area contributed by atoms with E-state index in [1.54, 1.807) is 0 Å². The highest BCUT2D eigenvalue weighted by atomic mass is 35.5. The molecule has 2 N–H and O–H groups in total. The van der Waals surface area contributed by atoms with Crippen molar-refractivity contribution in [2.75, 3.05) is 26.0 Å². The molecule has 9 heavy (non-hydrogen) atoms. The van der Waals surface area contributed by atoms with Gasteiger partial charge in [0.2, 0.25) is 5.91 Å². The van der Waals surface area contributed by atoms with Gasteiger partial charge in [-0.25, -0.2) is 0 Å². The first-order valence-electron chi connectivity index (χ1n) is 2.78. The number of amides is 1. The summed E-state index contributed by atoms with van der Waals surface area (Å²) in [6.45, 7) is 1.42. The summed E-state index contributed by atoms with van der Waals surface area (Å²) in [5.41, 5.74) is 0. The van der Waals surface area contributed by atoms with E-state index in [-0.39, 0.29) is 11.8 Å². The van der Waals surface area contributed by atoms with Gasteiger partial charge >= 0.3 is 0 Å². The largest absolute Gasteiger partial charge is 0.354 e. The average molecular weight is 151 g/mol. The number of likely N-dealkylation sites (N-methyl/N-ethyl adjacent to an activating group) is 1. The van der Waals surface area contributed by atoms with Crippen LogP contribution in [0, 0.1) is 0 Å². The van der Waals surface area contributed by atoms with E-state index in [0.29, 0.717) is 6.54 Å². The maximum Gasteiger partial charge on any atom is 0.234 e. The van der Waals surface area contributed by atoms with Crippen LogP contribution in [-0.4, -0.2) is 31.9 Å². The number of alkyl halides is 1. The minimum absolute atomic E-state index is 0.0454. The summed E-state index contributed by atoms with van der Waals surface area (Å²) in [6, 6.07) is 0. The zero-order valence-electron chi connectivity index (χ0n) is 5.41. The minimum Gasteiger partial charge on any atom is -0.354 e. The zero-order chi connectivity index (χ0) is 7.11. The van der Waals surface area contributed by atoms with Gasteiger partial charge in [-0.1, -0.05) is 0 Å². The Kier molecular flexibility index (Phi) is 5.67. The molecule has 1 amide bonds. The number of carbonyl (C=O) groups is 1. The molecule has 0 aliphatic carbocycles. The molecule has 3 nitrogen and oxygen atoms in total. The topological polar surface area (TPSA) is 41.1 Å². The van der Waals surface area contributed by atoms with Crippen molar-refractivity contribution in [3.05, 3.63) is 0 Å². The summed E-state index contributed by atoms with van der Waals surface area (Å²) in [5, 5.41) is 5.49. The fourth-order valence-electron chi connectivity index (χ4n) is 0.374. The molecule has 4 heteroatoms. The van der Waals surface area contributed by atoms with Crippen molar-refractivity contribution in [2.45, 2.75) is 0 Å². The molecule has 0 aromatic heterocycles. The normalized spacial score (nSPS) is 9.11. The third-order valence-electron chi connectivity index (χ3n) is 0.819. The van der Waals surface area contributed by atoms with Gasteiger partial charge in [0.05, 0.1) is 0 Å². The second kappa shape index (κ2) is 5.85. The lowest BCUT2D eigenvalue weighted by Gasteiger charge is -1.99. The van der Waals surface area contributed by atoms with Gasteiger partial charge in [0, 0.05) is 13.1 Å². The van der Waals surface area contributed by atoms with Crippen LogP contribution in [-0.2, 0) is 4.79 Å². The molecule has 0 heterocycles. The van der Waals surface area contributed by atoms with E-state index in [9.17, 15) is 4.79 Å². The lowest BCUT2D eigenvalue weighted by molar-refractivity contribution is -0.118. The van der Waals surface area contributed by atoms with Crippen molar-refractivity contribution in [3.8, 4) is 0 Å². The van der Waals surface area contributed by atoms with E-state index >= 15 is 0 Å². The van der Waals surface area contributed by atoms with Gasteiger partial charge in [0.25, 0.3) is 0 Å². The summed E-state index contributed by atoms with van der Waals surface area (Å²) >= 11 is 5.20. The van der Waals surface area contributed by atoms with Gasteiger partial charge < -0.3 is 10.6 Å². The van der Waals surface area contributed by atoms with E-state index in [4.69, 9.17) is 11.6 Å². The summed E-state index contributed by atoms with van der Waals surface area (Å²) in [7, 11) is 1.83.